The van der Waals surface area contributed by atoms with E-state index in [1.807, 2.05) is 35.7 Å². The smallest absolute Gasteiger partial charge is 0.253 e. The SMILES string of the molecule is CCN(CC)C(=S)SCC(=O)N1N=C(c2cccs2)CC1c1ccc(OC)c(OC)c1. The second-order valence-corrected chi connectivity index (χ2v) is 9.38. The van der Waals surface area contributed by atoms with Crippen molar-refractivity contribution >= 4 is 51.3 Å². The van der Waals surface area contributed by atoms with Gasteiger partial charge in [-0.15, -0.1) is 11.3 Å². The molecule has 0 radical (unpaired) electrons. The molecule has 9 heteroatoms. The van der Waals surface area contributed by atoms with E-state index in [1.54, 1.807) is 30.6 Å². The van der Waals surface area contributed by atoms with Crippen LogP contribution in [-0.2, 0) is 4.79 Å². The first-order chi connectivity index (χ1) is 15.0. The lowest BCUT2D eigenvalue weighted by Gasteiger charge is -2.24. The lowest BCUT2D eigenvalue weighted by Crippen LogP contribution is -2.31. The molecular formula is C22H27N3O3S3. The molecule has 0 fully saturated rings. The van der Waals surface area contributed by atoms with Gasteiger partial charge in [-0.3, -0.25) is 4.79 Å². The van der Waals surface area contributed by atoms with Crippen LogP contribution in [0.2, 0.25) is 0 Å². The maximum Gasteiger partial charge on any atom is 0.253 e. The van der Waals surface area contributed by atoms with Crippen LogP contribution >= 0.6 is 35.3 Å². The highest BCUT2D eigenvalue weighted by molar-refractivity contribution is 8.23. The van der Waals surface area contributed by atoms with E-state index >= 15 is 0 Å². The van der Waals surface area contributed by atoms with Crippen molar-refractivity contribution in [3.05, 3.63) is 46.2 Å². The summed E-state index contributed by atoms with van der Waals surface area (Å²) >= 11 is 8.51. The number of thioether (sulfide) groups is 1. The van der Waals surface area contributed by atoms with E-state index in [2.05, 4.69) is 18.7 Å². The number of methoxy groups -OCH3 is 2. The molecule has 1 aromatic heterocycles. The van der Waals surface area contributed by atoms with Gasteiger partial charge in [-0.25, -0.2) is 5.01 Å². The Hall–Kier alpha value is -2.10. The van der Waals surface area contributed by atoms with Crippen molar-refractivity contribution in [3.8, 4) is 11.5 Å². The van der Waals surface area contributed by atoms with Crippen LogP contribution in [0.4, 0.5) is 0 Å². The lowest BCUT2D eigenvalue weighted by atomic mass is 10.0. The fourth-order valence-corrected chi connectivity index (χ4v) is 5.39. The molecule has 0 spiro atoms. The van der Waals surface area contributed by atoms with E-state index in [9.17, 15) is 4.79 Å². The van der Waals surface area contributed by atoms with Gasteiger partial charge in [0.1, 0.15) is 4.32 Å². The van der Waals surface area contributed by atoms with Gasteiger partial charge in [-0.1, -0.05) is 36.1 Å². The zero-order valence-corrected chi connectivity index (χ0v) is 20.6. The number of nitrogens with zero attached hydrogens (tertiary/aromatic N) is 3. The Morgan fingerprint density at radius 3 is 2.61 bits per heavy atom. The number of hydrogen-bond donors (Lipinski definition) is 0. The predicted molar refractivity (Wildman–Crippen MR) is 133 cm³/mol. The van der Waals surface area contributed by atoms with Crippen LogP contribution < -0.4 is 9.47 Å². The van der Waals surface area contributed by atoms with Crippen molar-refractivity contribution in [3.63, 3.8) is 0 Å². The molecule has 2 aromatic rings. The summed E-state index contributed by atoms with van der Waals surface area (Å²) in [6, 6.07) is 9.58. The van der Waals surface area contributed by atoms with Gasteiger partial charge in [0.25, 0.3) is 5.91 Å². The Balaban J connectivity index is 1.84. The molecule has 0 bridgehead atoms. The second-order valence-electron chi connectivity index (χ2n) is 6.82. The summed E-state index contributed by atoms with van der Waals surface area (Å²) in [4.78, 5) is 16.3. The molecule has 1 unspecified atom stereocenters. The zero-order chi connectivity index (χ0) is 22.4. The minimum absolute atomic E-state index is 0.0640. The summed E-state index contributed by atoms with van der Waals surface area (Å²) in [5.74, 6) is 1.47. The Bertz CT molecular complexity index is 943. The third-order valence-corrected chi connectivity index (χ3v) is 7.53. The number of hydrazone groups is 1. The first kappa shape index (κ1) is 23.6. The van der Waals surface area contributed by atoms with Crippen molar-refractivity contribution in [2.24, 2.45) is 5.10 Å². The van der Waals surface area contributed by atoms with E-state index < -0.39 is 0 Å². The highest BCUT2D eigenvalue weighted by Gasteiger charge is 2.34. The Morgan fingerprint density at radius 2 is 2.00 bits per heavy atom. The molecule has 6 nitrogen and oxygen atoms in total. The molecule has 0 N–H and O–H groups in total. The largest absolute Gasteiger partial charge is 0.493 e. The zero-order valence-electron chi connectivity index (χ0n) is 18.2. The molecule has 1 aromatic carbocycles. The van der Waals surface area contributed by atoms with E-state index in [-0.39, 0.29) is 17.7 Å². The number of hydrogen-bond acceptors (Lipinski definition) is 7. The van der Waals surface area contributed by atoms with Gasteiger partial charge in [0.2, 0.25) is 0 Å². The highest BCUT2D eigenvalue weighted by atomic mass is 32.2. The van der Waals surface area contributed by atoms with Gasteiger partial charge >= 0.3 is 0 Å². The lowest BCUT2D eigenvalue weighted by molar-refractivity contribution is -0.130. The van der Waals surface area contributed by atoms with Crippen LogP contribution in [0, 0.1) is 0 Å². The molecule has 1 atom stereocenters. The first-order valence-electron chi connectivity index (χ1n) is 10.1. The Kier molecular flexibility index (Phi) is 8.34. The van der Waals surface area contributed by atoms with Crippen molar-refractivity contribution < 1.29 is 14.3 Å². The highest BCUT2D eigenvalue weighted by Crippen LogP contribution is 2.38. The van der Waals surface area contributed by atoms with Crippen molar-refractivity contribution in [1.82, 2.24) is 9.91 Å². The third-order valence-electron chi connectivity index (χ3n) is 5.10. The molecule has 166 valence electrons. The van der Waals surface area contributed by atoms with Gasteiger partial charge < -0.3 is 14.4 Å². The Morgan fingerprint density at radius 1 is 1.26 bits per heavy atom. The van der Waals surface area contributed by atoms with Crippen molar-refractivity contribution in [2.75, 3.05) is 33.1 Å². The van der Waals surface area contributed by atoms with Crippen LogP contribution in [0.3, 0.4) is 0 Å². The molecule has 0 saturated heterocycles. The number of thiophene rings is 1. The molecule has 1 amide bonds. The van der Waals surface area contributed by atoms with Crippen LogP contribution in [0.5, 0.6) is 11.5 Å². The van der Waals surface area contributed by atoms with E-state index in [0.717, 1.165) is 33.6 Å². The number of amides is 1. The molecule has 3 rings (SSSR count). The molecule has 0 aliphatic carbocycles. The molecule has 0 saturated carbocycles. The van der Waals surface area contributed by atoms with Gasteiger partial charge in [-0.2, -0.15) is 5.10 Å². The second kappa shape index (κ2) is 11.0. The number of ether oxygens (including phenoxy) is 2. The summed E-state index contributed by atoms with van der Waals surface area (Å²) in [5, 5.41) is 8.34. The number of thiocarbonyl (C=S) groups is 1. The van der Waals surface area contributed by atoms with Gasteiger partial charge in [0, 0.05) is 19.5 Å². The van der Waals surface area contributed by atoms with Crippen LogP contribution in [0.25, 0.3) is 0 Å². The van der Waals surface area contributed by atoms with E-state index in [4.69, 9.17) is 26.8 Å². The molecule has 1 aliphatic heterocycles. The average Bonchev–Trinajstić information content (AvgIpc) is 3.48. The third kappa shape index (κ3) is 5.39. The number of carbonyl (C=O) groups is 1. The van der Waals surface area contributed by atoms with Crippen LogP contribution in [-0.4, -0.2) is 58.9 Å². The maximum atomic E-state index is 13.2. The van der Waals surface area contributed by atoms with Gasteiger partial charge in [0.15, 0.2) is 11.5 Å². The summed E-state index contributed by atoms with van der Waals surface area (Å²) in [5.41, 5.74) is 1.87. The maximum absolute atomic E-state index is 13.2. The van der Waals surface area contributed by atoms with E-state index in [0.29, 0.717) is 17.9 Å². The minimum Gasteiger partial charge on any atom is -0.493 e. The normalized spacial score (nSPS) is 15.5. The minimum atomic E-state index is -0.202. The Labute approximate surface area is 197 Å². The van der Waals surface area contributed by atoms with Gasteiger partial charge in [-0.05, 0) is 43.0 Å². The van der Waals surface area contributed by atoms with Crippen molar-refractivity contribution in [1.29, 1.82) is 0 Å². The van der Waals surface area contributed by atoms with Crippen LogP contribution in [0.1, 0.15) is 36.8 Å². The fraction of sp³-hybridized carbons (Fsp3) is 0.409. The van der Waals surface area contributed by atoms with Crippen molar-refractivity contribution in [2.45, 2.75) is 26.3 Å². The summed E-state index contributed by atoms with van der Waals surface area (Å²) in [6.07, 6.45) is 0.646. The quantitative estimate of drug-likeness (QED) is 0.509. The number of carbonyl (C=O) groups excluding carboxylic acids is 1. The summed E-state index contributed by atoms with van der Waals surface area (Å²) in [6.45, 7) is 5.77. The first-order valence-corrected chi connectivity index (χ1v) is 12.4. The monoisotopic (exact) mass is 477 g/mol. The average molecular weight is 478 g/mol. The fourth-order valence-electron chi connectivity index (χ4n) is 3.41. The number of benzene rings is 1. The van der Waals surface area contributed by atoms with E-state index in [1.165, 1.54) is 11.8 Å². The molecular weight excluding hydrogens is 450 g/mol. The topological polar surface area (TPSA) is 54.4 Å². The molecule has 2 heterocycles. The van der Waals surface area contributed by atoms with Crippen LogP contribution in [0.15, 0.2) is 40.8 Å². The summed E-state index contributed by atoms with van der Waals surface area (Å²) in [7, 11) is 3.22. The standard InChI is InChI=1S/C22H27N3O3S3/c1-5-24(6-2)22(29)31-14-21(26)25-17(13-16(23-25)20-8-7-11-30-20)15-9-10-18(27-3)19(12-15)28-4/h7-12,17H,5-6,13-14H2,1-4H3. The summed E-state index contributed by atoms with van der Waals surface area (Å²) < 4.78 is 11.6. The predicted octanol–water partition coefficient (Wildman–Crippen LogP) is 4.80. The molecule has 31 heavy (non-hydrogen) atoms. The molecule has 1 aliphatic rings. The number of rotatable bonds is 8. The van der Waals surface area contributed by atoms with Gasteiger partial charge in [0.05, 0.1) is 36.6 Å².